The van der Waals surface area contributed by atoms with Crippen molar-refractivity contribution in [3.63, 3.8) is 0 Å². The predicted molar refractivity (Wildman–Crippen MR) is 85.5 cm³/mol. The third-order valence-electron chi connectivity index (χ3n) is 4.22. The fourth-order valence-electron chi connectivity index (χ4n) is 2.74. The van der Waals surface area contributed by atoms with E-state index < -0.39 is 17.5 Å². The Morgan fingerprint density at radius 1 is 1.30 bits per heavy atom. The van der Waals surface area contributed by atoms with Gasteiger partial charge in [-0.05, 0) is 57.2 Å². The molecule has 0 unspecified atom stereocenters. The average molecular weight is 318 g/mol. The summed E-state index contributed by atoms with van der Waals surface area (Å²) < 4.78 is 10.8. The number of aromatic hydroxyl groups is 1. The number of phenolic OH excluding ortho intramolecular Hbond substituents is 1. The Labute approximate surface area is 135 Å². The van der Waals surface area contributed by atoms with E-state index in [-0.39, 0.29) is 22.6 Å². The number of esters is 2. The first-order valence-corrected chi connectivity index (χ1v) is 7.81. The fourth-order valence-corrected chi connectivity index (χ4v) is 2.74. The van der Waals surface area contributed by atoms with Gasteiger partial charge in [-0.3, -0.25) is 0 Å². The minimum absolute atomic E-state index is 0.00302. The van der Waals surface area contributed by atoms with Crippen molar-refractivity contribution in [3.8, 4) is 11.5 Å². The van der Waals surface area contributed by atoms with E-state index in [0.717, 1.165) is 32.1 Å². The van der Waals surface area contributed by atoms with Crippen LogP contribution in [-0.2, 0) is 9.53 Å². The molecule has 1 aromatic carbocycles. The molecule has 2 rings (SSSR count). The van der Waals surface area contributed by atoms with E-state index in [1.165, 1.54) is 25.1 Å². The third kappa shape index (κ3) is 3.92. The van der Waals surface area contributed by atoms with Crippen LogP contribution in [0, 0.1) is 0 Å². The SMILES string of the molecule is C=C(C)C(=O)Oc1ccc(O)c(C(=O)OC2(CC)CCCC2)c1. The average Bonchev–Trinajstić information content (AvgIpc) is 2.98. The summed E-state index contributed by atoms with van der Waals surface area (Å²) in [5.41, 5.74) is -0.205. The second kappa shape index (κ2) is 6.86. The highest BCUT2D eigenvalue weighted by Crippen LogP contribution is 2.37. The second-order valence-electron chi connectivity index (χ2n) is 5.98. The van der Waals surface area contributed by atoms with Crippen LogP contribution in [-0.4, -0.2) is 22.6 Å². The van der Waals surface area contributed by atoms with Crippen LogP contribution in [0.3, 0.4) is 0 Å². The molecule has 0 radical (unpaired) electrons. The third-order valence-corrected chi connectivity index (χ3v) is 4.22. The van der Waals surface area contributed by atoms with Crippen LogP contribution in [0.1, 0.15) is 56.3 Å². The minimum atomic E-state index is -0.598. The van der Waals surface area contributed by atoms with Crippen LogP contribution in [0.5, 0.6) is 11.5 Å². The van der Waals surface area contributed by atoms with Gasteiger partial charge in [0.25, 0.3) is 0 Å². The van der Waals surface area contributed by atoms with Gasteiger partial charge in [-0.15, -0.1) is 0 Å². The molecule has 0 aromatic heterocycles. The highest BCUT2D eigenvalue weighted by Gasteiger charge is 2.36. The summed E-state index contributed by atoms with van der Waals surface area (Å²) in [6, 6.07) is 4.04. The molecule has 0 atom stereocenters. The zero-order valence-electron chi connectivity index (χ0n) is 13.6. The largest absolute Gasteiger partial charge is 0.507 e. The molecule has 5 heteroatoms. The van der Waals surface area contributed by atoms with Gasteiger partial charge in [-0.25, -0.2) is 9.59 Å². The molecule has 1 saturated carbocycles. The number of rotatable bonds is 5. The summed E-state index contributed by atoms with van der Waals surface area (Å²) >= 11 is 0. The van der Waals surface area contributed by atoms with Crippen molar-refractivity contribution >= 4 is 11.9 Å². The Kier molecular flexibility index (Phi) is 5.08. The Morgan fingerprint density at radius 2 is 1.96 bits per heavy atom. The van der Waals surface area contributed by atoms with Crippen LogP contribution >= 0.6 is 0 Å². The van der Waals surface area contributed by atoms with E-state index in [4.69, 9.17) is 9.47 Å². The Bertz CT molecular complexity index is 626. The molecule has 0 heterocycles. The summed E-state index contributed by atoms with van der Waals surface area (Å²) in [5, 5.41) is 9.92. The maximum absolute atomic E-state index is 12.4. The van der Waals surface area contributed by atoms with Crippen LogP contribution < -0.4 is 4.74 Å². The molecule has 5 nitrogen and oxygen atoms in total. The number of ether oxygens (including phenoxy) is 2. The smallest absolute Gasteiger partial charge is 0.342 e. The van der Waals surface area contributed by atoms with Crippen LogP contribution in [0.25, 0.3) is 0 Å². The van der Waals surface area contributed by atoms with Gasteiger partial charge in [0.1, 0.15) is 22.7 Å². The molecule has 1 aliphatic carbocycles. The molecular weight excluding hydrogens is 296 g/mol. The number of phenols is 1. The molecule has 1 fully saturated rings. The highest BCUT2D eigenvalue weighted by molar-refractivity contribution is 5.94. The second-order valence-corrected chi connectivity index (χ2v) is 5.98. The topological polar surface area (TPSA) is 72.8 Å². The van der Waals surface area contributed by atoms with Gasteiger partial charge in [0, 0.05) is 5.57 Å². The monoisotopic (exact) mass is 318 g/mol. The number of carbonyl (C=O) groups is 2. The maximum atomic E-state index is 12.4. The molecule has 1 aromatic rings. The Balaban J connectivity index is 2.19. The van der Waals surface area contributed by atoms with Crippen LogP contribution in [0.4, 0.5) is 0 Å². The van der Waals surface area contributed by atoms with E-state index in [1.54, 1.807) is 0 Å². The molecule has 0 saturated heterocycles. The van der Waals surface area contributed by atoms with E-state index in [0.29, 0.717) is 0 Å². The minimum Gasteiger partial charge on any atom is -0.507 e. The van der Waals surface area contributed by atoms with Gasteiger partial charge in [0.05, 0.1) is 0 Å². The Hall–Kier alpha value is -2.30. The zero-order chi connectivity index (χ0) is 17.0. The lowest BCUT2D eigenvalue weighted by atomic mass is 9.98. The van der Waals surface area contributed by atoms with Gasteiger partial charge >= 0.3 is 11.9 Å². The summed E-state index contributed by atoms with van der Waals surface area (Å²) in [7, 11) is 0. The molecule has 1 aliphatic rings. The molecule has 23 heavy (non-hydrogen) atoms. The quantitative estimate of drug-likeness (QED) is 0.508. The van der Waals surface area contributed by atoms with Gasteiger partial charge in [0.2, 0.25) is 0 Å². The summed E-state index contributed by atoms with van der Waals surface area (Å²) in [5.74, 6) is -1.22. The fraction of sp³-hybridized carbons (Fsp3) is 0.444. The lowest BCUT2D eigenvalue weighted by Crippen LogP contribution is -2.31. The predicted octanol–water partition coefficient (Wildman–Crippen LogP) is 3.75. The van der Waals surface area contributed by atoms with Gasteiger partial charge in [0.15, 0.2) is 0 Å². The van der Waals surface area contributed by atoms with Gasteiger partial charge < -0.3 is 14.6 Å². The van der Waals surface area contributed by atoms with Crippen molar-refractivity contribution < 1.29 is 24.2 Å². The van der Waals surface area contributed by atoms with Crippen LogP contribution in [0.15, 0.2) is 30.4 Å². The molecule has 0 spiro atoms. The number of hydrogen-bond donors (Lipinski definition) is 1. The maximum Gasteiger partial charge on any atom is 0.342 e. The van der Waals surface area contributed by atoms with E-state index in [9.17, 15) is 14.7 Å². The summed E-state index contributed by atoms with van der Waals surface area (Å²) in [6.45, 7) is 7.02. The molecule has 0 bridgehead atoms. The first-order chi connectivity index (χ1) is 10.9. The van der Waals surface area contributed by atoms with Crippen molar-refractivity contribution in [2.45, 2.75) is 51.6 Å². The van der Waals surface area contributed by atoms with Gasteiger partial charge in [-0.2, -0.15) is 0 Å². The lowest BCUT2D eigenvalue weighted by Gasteiger charge is -2.27. The molecule has 0 amide bonds. The summed E-state index contributed by atoms with van der Waals surface area (Å²) in [6.07, 6.45) is 4.47. The van der Waals surface area contributed by atoms with Gasteiger partial charge in [-0.1, -0.05) is 13.5 Å². The number of benzene rings is 1. The number of carbonyl (C=O) groups excluding carboxylic acids is 2. The van der Waals surface area contributed by atoms with E-state index >= 15 is 0 Å². The van der Waals surface area contributed by atoms with Crippen molar-refractivity contribution in [1.29, 1.82) is 0 Å². The van der Waals surface area contributed by atoms with Crippen molar-refractivity contribution in [2.24, 2.45) is 0 Å². The first-order valence-electron chi connectivity index (χ1n) is 7.81. The zero-order valence-corrected chi connectivity index (χ0v) is 13.6. The number of hydrogen-bond acceptors (Lipinski definition) is 5. The lowest BCUT2D eigenvalue weighted by molar-refractivity contribution is -0.130. The van der Waals surface area contributed by atoms with Crippen molar-refractivity contribution in [3.05, 3.63) is 35.9 Å². The van der Waals surface area contributed by atoms with E-state index in [2.05, 4.69) is 6.58 Å². The standard InChI is InChI=1S/C18H22O5/c1-4-18(9-5-6-10-18)23-17(21)14-11-13(7-8-15(14)19)22-16(20)12(2)3/h7-8,11,19H,2,4-6,9-10H2,1,3H3. The first kappa shape index (κ1) is 17.1. The Morgan fingerprint density at radius 3 is 2.52 bits per heavy atom. The molecule has 0 aliphatic heterocycles. The van der Waals surface area contributed by atoms with Crippen molar-refractivity contribution in [2.75, 3.05) is 0 Å². The molecular formula is C18H22O5. The van der Waals surface area contributed by atoms with Crippen molar-refractivity contribution in [1.82, 2.24) is 0 Å². The highest BCUT2D eigenvalue weighted by atomic mass is 16.6. The van der Waals surface area contributed by atoms with E-state index in [1.807, 2.05) is 6.92 Å². The summed E-state index contributed by atoms with van der Waals surface area (Å²) in [4.78, 5) is 24.0. The molecule has 1 N–H and O–H groups in total. The molecule has 124 valence electrons. The normalized spacial score (nSPS) is 15.9. The van der Waals surface area contributed by atoms with Crippen LogP contribution in [0.2, 0.25) is 0 Å².